The fraction of sp³-hybridized carbons (Fsp3) is 0.647. The maximum atomic E-state index is 6.13. The van der Waals surface area contributed by atoms with E-state index in [0.29, 0.717) is 5.92 Å². The lowest BCUT2D eigenvalue weighted by atomic mass is 10.1. The molecular formula is C17H29NO. The fourth-order valence-electron chi connectivity index (χ4n) is 2.18. The Hall–Kier alpha value is -1.02. The summed E-state index contributed by atoms with van der Waals surface area (Å²) in [5.41, 5.74) is 2.50. The van der Waals surface area contributed by atoms with Crippen molar-refractivity contribution in [3.8, 4) is 5.75 Å². The van der Waals surface area contributed by atoms with Gasteiger partial charge in [0.25, 0.3) is 0 Å². The third kappa shape index (κ3) is 5.65. The molecule has 1 atom stereocenters. The van der Waals surface area contributed by atoms with Crippen molar-refractivity contribution >= 4 is 0 Å². The fourth-order valence-corrected chi connectivity index (χ4v) is 2.18. The van der Waals surface area contributed by atoms with Gasteiger partial charge in [0.1, 0.15) is 5.75 Å². The first-order chi connectivity index (χ1) is 9.04. The lowest BCUT2D eigenvalue weighted by Gasteiger charge is -2.19. The van der Waals surface area contributed by atoms with E-state index < -0.39 is 0 Å². The van der Waals surface area contributed by atoms with Crippen molar-refractivity contribution in [2.24, 2.45) is 5.92 Å². The summed E-state index contributed by atoms with van der Waals surface area (Å²) in [4.78, 5) is 0. The van der Waals surface area contributed by atoms with Gasteiger partial charge >= 0.3 is 0 Å². The number of hydrogen-bond donors (Lipinski definition) is 1. The van der Waals surface area contributed by atoms with E-state index in [4.69, 9.17) is 4.74 Å². The molecule has 0 amide bonds. The number of aryl methyl sites for hydroxylation is 1. The minimum absolute atomic E-state index is 0.287. The van der Waals surface area contributed by atoms with Crippen LogP contribution in [0.4, 0.5) is 0 Å². The maximum Gasteiger partial charge on any atom is 0.127 e. The molecule has 1 aromatic rings. The van der Waals surface area contributed by atoms with E-state index in [1.165, 1.54) is 11.1 Å². The largest absolute Gasteiger partial charge is 0.490 e. The lowest BCUT2D eigenvalue weighted by molar-refractivity contribution is 0.206. The standard InChI is InChI=1S/C17H29NO/c1-6-8-15(5)19-17-14(4)9-7-10-16(17)12-18-11-13(2)3/h7,9-10,13,15,18H,6,8,11-12H2,1-5H3. The van der Waals surface area contributed by atoms with Gasteiger partial charge in [0.15, 0.2) is 0 Å². The first-order valence-electron chi connectivity index (χ1n) is 7.50. The summed E-state index contributed by atoms with van der Waals surface area (Å²) in [6, 6.07) is 6.40. The van der Waals surface area contributed by atoms with Gasteiger partial charge in [0, 0.05) is 12.1 Å². The molecule has 0 aliphatic heterocycles. The first kappa shape index (κ1) is 16.0. The van der Waals surface area contributed by atoms with E-state index >= 15 is 0 Å². The van der Waals surface area contributed by atoms with Crippen molar-refractivity contribution in [1.29, 1.82) is 0 Å². The molecule has 0 aliphatic rings. The van der Waals surface area contributed by atoms with Crippen molar-refractivity contribution in [3.05, 3.63) is 29.3 Å². The van der Waals surface area contributed by atoms with Crippen LogP contribution in [0.3, 0.4) is 0 Å². The third-order valence-electron chi connectivity index (χ3n) is 3.18. The number of ether oxygens (including phenoxy) is 1. The van der Waals surface area contributed by atoms with Crippen LogP contribution in [0.15, 0.2) is 18.2 Å². The van der Waals surface area contributed by atoms with E-state index in [1.54, 1.807) is 0 Å². The van der Waals surface area contributed by atoms with E-state index in [2.05, 4.69) is 58.1 Å². The van der Waals surface area contributed by atoms with Crippen molar-refractivity contribution < 1.29 is 4.74 Å². The zero-order valence-electron chi connectivity index (χ0n) is 13.1. The molecule has 1 unspecified atom stereocenters. The summed E-state index contributed by atoms with van der Waals surface area (Å²) in [5.74, 6) is 1.74. The summed E-state index contributed by atoms with van der Waals surface area (Å²) in [7, 11) is 0. The Labute approximate surface area is 118 Å². The Morgan fingerprint density at radius 2 is 1.95 bits per heavy atom. The predicted molar refractivity (Wildman–Crippen MR) is 82.7 cm³/mol. The summed E-state index contributed by atoms with van der Waals surface area (Å²) in [6.07, 6.45) is 2.55. The number of benzene rings is 1. The second-order valence-electron chi connectivity index (χ2n) is 5.81. The average molecular weight is 263 g/mol. The summed E-state index contributed by atoms with van der Waals surface area (Å²) < 4.78 is 6.13. The highest BCUT2D eigenvalue weighted by Crippen LogP contribution is 2.25. The van der Waals surface area contributed by atoms with Crippen LogP contribution in [0, 0.1) is 12.8 Å². The summed E-state index contributed by atoms with van der Waals surface area (Å²) in [6.45, 7) is 12.9. The minimum atomic E-state index is 0.287. The second-order valence-corrected chi connectivity index (χ2v) is 5.81. The van der Waals surface area contributed by atoms with Crippen LogP contribution in [-0.2, 0) is 6.54 Å². The molecule has 0 heterocycles. The Morgan fingerprint density at radius 3 is 2.58 bits per heavy atom. The minimum Gasteiger partial charge on any atom is -0.490 e. The normalized spacial score (nSPS) is 12.7. The number of hydrogen-bond acceptors (Lipinski definition) is 2. The molecule has 0 radical (unpaired) electrons. The van der Waals surface area contributed by atoms with Gasteiger partial charge in [-0.1, -0.05) is 45.4 Å². The van der Waals surface area contributed by atoms with Gasteiger partial charge in [-0.25, -0.2) is 0 Å². The molecule has 19 heavy (non-hydrogen) atoms. The van der Waals surface area contributed by atoms with Crippen LogP contribution in [-0.4, -0.2) is 12.6 Å². The Bertz CT molecular complexity index is 374. The van der Waals surface area contributed by atoms with Crippen LogP contribution in [0.5, 0.6) is 5.75 Å². The molecule has 0 aromatic heterocycles. The quantitative estimate of drug-likeness (QED) is 0.754. The van der Waals surface area contributed by atoms with Gasteiger partial charge in [0.2, 0.25) is 0 Å². The summed E-state index contributed by atoms with van der Waals surface area (Å²) >= 11 is 0. The van der Waals surface area contributed by atoms with Crippen LogP contribution in [0.2, 0.25) is 0 Å². The topological polar surface area (TPSA) is 21.3 Å². The van der Waals surface area contributed by atoms with Crippen molar-refractivity contribution in [2.75, 3.05) is 6.54 Å². The monoisotopic (exact) mass is 263 g/mol. The summed E-state index contributed by atoms with van der Waals surface area (Å²) in [5, 5.41) is 3.49. The van der Waals surface area contributed by atoms with E-state index in [-0.39, 0.29) is 6.10 Å². The Kier molecular flexibility index (Phi) is 6.93. The molecule has 2 nitrogen and oxygen atoms in total. The van der Waals surface area contributed by atoms with Gasteiger partial charge in [-0.15, -0.1) is 0 Å². The highest BCUT2D eigenvalue weighted by molar-refractivity contribution is 5.40. The molecule has 0 saturated heterocycles. The van der Waals surface area contributed by atoms with Crippen molar-refractivity contribution in [3.63, 3.8) is 0 Å². The second kappa shape index (κ2) is 8.21. The number of para-hydroxylation sites is 1. The molecule has 2 heteroatoms. The van der Waals surface area contributed by atoms with Gasteiger partial charge in [0.05, 0.1) is 6.10 Å². The lowest BCUT2D eigenvalue weighted by Crippen LogP contribution is -2.20. The third-order valence-corrected chi connectivity index (χ3v) is 3.18. The zero-order valence-corrected chi connectivity index (χ0v) is 13.1. The van der Waals surface area contributed by atoms with Crippen molar-refractivity contribution in [1.82, 2.24) is 5.32 Å². The predicted octanol–water partition coefficient (Wildman–Crippen LogP) is 4.31. The van der Waals surface area contributed by atoms with Crippen LogP contribution < -0.4 is 10.1 Å². The van der Waals surface area contributed by atoms with E-state index in [0.717, 1.165) is 31.7 Å². The smallest absolute Gasteiger partial charge is 0.127 e. The van der Waals surface area contributed by atoms with Gasteiger partial charge in [-0.05, 0) is 38.3 Å². The van der Waals surface area contributed by atoms with Gasteiger partial charge in [-0.2, -0.15) is 0 Å². The van der Waals surface area contributed by atoms with E-state index in [9.17, 15) is 0 Å². The van der Waals surface area contributed by atoms with Crippen LogP contribution >= 0.6 is 0 Å². The van der Waals surface area contributed by atoms with Crippen LogP contribution in [0.25, 0.3) is 0 Å². The molecule has 108 valence electrons. The van der Waals surface area contributed by atoms with Gasteiger partial charge in [-0.3, -0.25) is 0 Å². The number of nitrogens with one attached hydrogen (secondary N) is 1. The highest BCUT2D eigenvalue weighted by atomic mass is 16.5. The molecule has 1 rings (SSSR count). The molecule has 1 N–H and O–H groups in total. The molecule has 1 aromatic carbocycles. The van der Waals surface area contributed by atoms with Gasteiger partial charge < -0.3 is 10.1 Å². The highest BCUT2D eigenvalue weighted by Gasteiger charge is 2.10. The first-order valence-corrected chi connectivity index (χ1v) is 7.50. The average Bonchev–Trinajstić information content (AvgIpc) is 2.33. The maximum absolute atomic E-state index is 6.13. The Balaban J connectivity index is 2.71. The molecular weight excluding hydrogens is 234 g/mol. The van der Waals surface area contributed by atoms with Crippen molar-refractivity contribution in [2.45, 2.75) is 60.1 Å². The van der Waals surface area contributed by atoms with Crippen LogP contribution in [0.1, 0.15) is 51.7 Å². The Morgan fingerprint density at radius 1 is 1.21 bits per heavy atom. The number of rotatable bonds is 8. The molecule has 0 aliphatic carbocycles. The zero-order chi connectivity index (χ0) is 14.3. The molecule has 0 saturated carbocycles. The van der Waals surface area contributed by atoms with E-state index in [1.807, 2.05) is 0 Å². The molecule has 0 spiro atoms. The molecule has 0 fully saturated rings. The SMILES string of the molecule is CCCC(C)Oc1c(C)cccc1CNCC(C)C. The molecule has 0 bridgehead atoms.